The van der Waals surface area contributed by atoms with Crippen LogP contribution < -0.4 is 9.47 Å². The van der Waals surface area contributed by atoms with Gasteiger partial charge in [-0.15, -0.1) is 0 Å². The number of carbonyl (C=O) groups excluding carboxylic acids is 2. The predicted molar refractivity (Wildman–Crippen MR) is 139 cm³/mol. The van der Waals surface area contributed by atoms with E-state index < -0.39 is 17.7 Å². The molecule has 4 rings (SSSR count). The molecule has 0 aromatic heterocycles. The van der Waals surface area contributed by atoms with Gasteiger partial charge in [-0.3, -0.25) is 9.59 Å². The summed E-state index contributed by atoms with van der Waals surface area (Å²) in [5, 5.41) is 11.3. The smallest absolute Gasteiger partial charge is 0.295 e. The molecule has 1 unspecified atom stereocenters. The number of ether oxygens (including phenoxy) is 2. The molecular formula is C30H31NO5. The number of rotatable bonds is 10. The SMILES string of the molecule is CCCOc1ccc(C(O)=C2C(=O)C(=O)N(CCc3ccccc3)C2c2cccc(OCC)c2)cc1. The molecule has 1 fully saturated rings. The Hall–Kier alpha value is -4.06. The molecule has 0 aliphatic carbocycles. The highest BCUT2D eigenvalue weighted by molar-refractivity contribution is 6.46. The molecule has 0 saturated carbocycles. The van der Waals surface area contributed by atoms with Gasteiger partial charge in [-0.1, -0.05) is 49.4 Å². The number of ketones is 1. The van der Waals surface area contributed by atoms with Crippen molar-refractivity contribution in [1.82, 2.24) is 4.90 Å². The normalized spacial score (nSPS) is 16.8. The molecule has 0 bridgehead atoms. The molecule has 3 aromatic rings. The molecule has 0 radical (unpaired) electrons. The zero-order valence-electron chi connectivity index (χ0n) is 20.6. The third-order valence-corrected chi connectivity index (χ3v) is 6.11. The van der Waals surface area contributed by atoms with Crippen molar-refractivity contribution in [3.8, 4) is 11.5 Å². The quantitative estimate of drug-likeness (QED) is 0.232. The van der Waals surface area contributed by atoms with Crippen LogP contribution >= 0.6 is 0 Å². The molecule has 1 atom stereocenters. The van der Waals surface area contributed by atoms with E-state index in [9.17, 15) is 14.7 Å². The minimum absolute atomic E-state index is 0.0731. The van der Waals surface area contributed by atoms with E-state index in [4.69, 9.17) is 9.47 Å². The molecule has 1 aliphatic heterocycles. The third-order valence-electron chi connectivity index (χ3n) is 6.11. The molecule has 6 nitrogen and oxygen atoms in total. The van der Waals surface area contributed by atoms with Crippen molar-refractivity contribution in [3.05, 3.63) is 101 Å². The lowest BCUT2D eigenvalue weighted by molar-refractivity contribution is -0.139. The van der Waals surface area contributed by atoms with Gasteiger partial charge in [-0.05, 0) is 67.3 Å². The maximum Gasteiger partial charge on any atom is 0.295 e. The van der Waals surface area contributed by atoms with E-state index in [-0.39, 0.29) is 11.3 Å². The fraction of sp³-hybridized carbons (Fsp3) is 0.267. The summed E-state index contributed by atoms with van der Waals surface area (Å²) in [5.41, 5.74) is 2.29. The number of Topliss-reactive ketones (excluding diaryl/α,β-unsaturated/α-hetero) is 1. The highest BCUT2D eigenvalue weighted by Crippen LogP contribution is 2.40. The Morgan fingerprint density at radius 2 is 1.64 bits per heavy atom. The molecule has 1 N–H and O–H groups in total. The van der Waals surface area contributed by atoms with Crippen LogP contribution in [0.4, 0.5) is 0 Å². The van der Waals surface area contributed by atoms with Crippen LogP contribution in [0.5, 0.6) is 11.5 Å². The van der Waals surface area contributed by atoms with E-state index in [1.807, 2.05) is 68.4 Å². The minimum Gasteiger partial charge on any atom is -0.507 e. The summed E-state index contributed by atoms with van der Waals surface area (Å²) in [7, 11) is 0. The zero-order valence-corrected chi connectivity index (χ0v) is 20.6. The summed E-state index contributed by atoms with van der Waals surface area (Å²) >= 11 is 0. The van der Waals surface area contributed by atoms with Gasteiger partial charge < -0.3 is 19.5 Å². The molecule has 1 heterocycles. The second kappa shape index (κ2) is 11.6. The molecule has 1 saturated heterocycles. The van der Waals surface area contributed by atoms with Crippen LogP contribution in [0.1, 0.15) is 43.0 Å². The number of aliphatic hydroxyl groups is 1. The van der Waals surface area contributed by atoms with Gasteiger partial charge in [0, 0.05) is 12.1 Å². The van der Waals surface area contributed by atoms with Crippen LogP contribution in [0.2, 0.25) is 0 Å². The fourth-order valence-electron chi connectivity index (χ4n) is 4.38. The maximum absolute atomic E-state index is 13.3. The van der Waals surface area contributed by atoms with Crippen molar-refractivity contribution in [2.24, 2.45) is 0 Å². The topological polar surface area (TPSA) is 76.1 Å². The van der Waals surface area contributed by atoms with Gasteiger partial charge in [0.2, 0.25) is 0 Å². The number of amides is 1. The molecule has 36 heavy (non-hydrogen) atoms. The van der Waals surface area contributed by atoms with Crippen molar-refractivity contribution >= 4 is 17.4 Å². The number of aliphatic hydroxyl groups excluding tert-OH is 1. The number of likely N-dealkylation sites (tertiary alicyclic amines) is 1. The van der Waals surface area contributed by atoms with E-state index in [0.29, 0.717) is 48.8 Å². The summed E-state index contributed by atoms with van der Waals surface area (Å²) in [6, 6.07) is 23.3. The Balaban J connectivity index is 1.74. The van der Waals surface area contributed by atoms with Gasteiger partial charge in [0.1, 0.15) is 17.3 Å². The van der Waals surface area contributed by atoms with Gasteiger partial charge in [-0.2, -0.15) is 0 Å². The highest BCUT2D eigenvalue weighted by atomic mass is 16.5. The molecule has 186 valence electrons. The van der Waals surface area contributed by atoms with Crippen molar-refractivity contribution in [2.45, 2.75) is 32.7 Å². The molecular weight excluding hydrogens is 454 g/mol. The molecule has 1 amide bonds. The standard InChI is InChI=1S/C30H31NO5/c1-3-19-36-24-15-13-22(14-16-24)28(32)26-27(23-11-8-12-25(20-23)35-4-2)31(30(34)29(26)33)18-17-21-9-6-5-7-10-21/h5-16,20,27,32H,3-4,17-19H2,1-2H3. The van der Waals surface area contributed by atoms with E-state index in [1.165, 1.54) is 0 Å². The lowest BCUT2D eigenvalue weighted by Crippen LogP contribution is -2.31. The van der Waals surface area contributed by atoms with Gasteiger partial charge in [0.05, 0.1) is 24.8 Å². The number of hydrogen-bond donors (Lipinski definition) is 1. The number of nitrogens with zero attached hydrogens (tertiary/aromatic N) is 1. The highest BCUT2D eigenvalue weighted by Gasteiger charge is 2.46. The van der Waals surface area contributed by atoms with Crippen LogP contribution in [-0.4, -0.2) is 41.5 Å². The Labute approximate surface area is 211 Å². The van der Waals surface area contributed by atoms with Crippen molar-refractivity contribution in [2.75, 3.05) is 19.8 Å². The average molecular weight is 486 g/mol. The van der Waals surface area contributed by atoms with Crippen LogP contribution in [0, 0.1) is 0 Å². The Morgan fingerprint density at radius 1 is 0.889 bits per heavy atom. The van der Waals surface area contributed by atoms with Crippen molar-refractivity contribution in [3.63, 3.8) is 0 Å². The lowest BCUT2D eigenvalue weighted by Gasteiger charge is -2.25. The first kappa shape index (κ1) is 25.0. The van der Waals surface area contributed by atoms with Crippen LogP contribution in [0.25, 0.3) is 5.76 Å². The van der Waals surface area contributed by atoms with E-state index in [1.54, 1.807) is 29.2 Å². The first-order valence-corrected chi connectivity index (χ1v) is 12.3. The predicted octanol–water partition coefficient (Wildman–Crippen LogP) is 5.54. The van der Waals surface area contributed by atoms with E-state index in [2.05, 4.69) is 0 Å². The van der Waals surface area contributed by atoms with E-state index in [0.717, 1.165) is 12.0 Å². The average Bonchev–Trinajstić information content (AvgIpc) is 3.16. The van der Waals surface area contributed by atoms with Crippen molar-refractivity contribution < 1.29 is 24.2 Å². The molecule has 0 spiro atoms. The summed E-state index contributed by atoms with van der Waals surface area (Å²) in [5.74, 6) is -0.205. The van der Waals surface area contributed by atoms with Crippen LogP contribution in [0.15, 0.2) is 84.4 Å². The largest absolute Gasteiger partial charge is 0.507 e. The monoisotopic (exact) mass is 485 g/mol. The number of hydrogen-bond acceptors (Lipinski definition) is 5. The Kier molecular flexibility index (Phi) is 8.06. The first-order valence-electron chi connectivity index (χ1n) is 12.3. The molecule has 1 aliphatic rings. The maximum atomic E-state index is 13.3. The third kappa shape index (κ3) is 5.43. The minimum atomic E-state index is -0.731. The second-order valence-electron chi connectivity index (χ2n) is 8.61. The van der Waals surface area contributed by atoms with Crippen molar-refractivity contribution in [1.29, 1.82) is 0 Å². The fourth-order valence-corrected chi connectivity index (χ4v) is 4.38. The summed E-state index contributed by atoms with van der Waals surface area (Å²) < 4.78 is 11.3. The Bertz CT molecular complexity index is 1230. The van der Waals surface area contributed by atoms with E-state index >= 15 is 0 Å². The zero-order chi connectivity index (χ0) is 25.5. The second-order valence-corrected chi connectivity index (χ2v) is 8.61. The van der Waals surface area contributed by atoms with Gasteiger partial charge in [-0.25, -0.2) is 0 Å². The molecule has 6 heteroatoms. The summed E-state index contributed by atoms with van der Waals surface area (Å²) in [6.45, 7) is 5.33. The van der Waals surface area contributed by atoms with Gasteiger partial charge in [0.15, 0.2) is 0 Å². The number of carbonyl (C=O) groups is 2. The Morgan fingerprint density at radius 3 is 2.33 bits per heavy atom. The number of benzene rings is 3. The molecule has 3 aromatic carbocycles. The lowest BCUT2D eigenvalue weighted by atomic mass is 9.95. The van der Waals surface area contributed by atoms with Crippen LogP contribution in [-0.2, 0) is 16.0 Å². The van der Waals surface area contributed by atoms with Crippen LogP contribution in [0.3, 0.4) is 0 Å². The van der Waals surface area contributed by atoms with Gasteiger partial charge >= 0.3 is 0 Å². The van der Waals surface area contributed by atoms with Gasteiger partial charge in [0.25, 0.3) is 11.7 Å². The summed E-state index contributed by atoms with van der Waals surface area (Å²) in [6.07, 6.45) is 1.47. The first-order chi connectivity index (χ1) is 17.5. The summed E-state index contributed by atoms with van der Waals surface area (Å²) in [4.78, 5) is 28.0.